The molecule has 2 aliphatic rings. The van der Waals surface area contributed by atoms with Crippen LogP contribution in [0.5, 0.6) is 0 Å². The van der Waals surface area contributed by atoms with E-state index in [4.69, 9.17) is 26.4 Å². The largest absolute Gasteiger partial charge is 2.00 e. The van der Waals surface area contributed by atoms with Crippen molar-refractivity contribution >= 4 is 58.1 Å². The molecule has 0 saturated heterocycles. The van der Waals surface area contributed by atoms with E-state index < -0.39 is 0 Å². The number of hydrogen-bond acceptors (Lipinski definition) is 3. The molecule has 8 aromatic rings. The molecular formula is C61H46N4SZn. The van der Waals surface area contributed by atoms with Gasteiger partial charge in [-0.05, 0) is 181 Å². The van der Waals surface area contributed by atoms with Gasteiger partial charge in [-0.1, -0.05) is 108 Å². The molecule has 0 amide bonds. The number of hydrogen-bond donors (Lipinski definition) is 0. The molecule has 0 aliphatic carbocycles. The first-order valence-electron chi connectivity index (χ1n) is 22.1. The zero-order valence-corrected chi connectivity index (χ0v) is 42.6. The molecule has 67 heavy (non-hydrogen) atoms. The third-order valence-electron chi connectivity index (χ3n) is 12.4. The maximum absolute atomic E-state index is 5.84. The Kier molecular flexibility index (Phi) is 12.5. The van der Waals surface area contributed by atoms with E-state index in [1.807, 2.05) is 12.1 Å². The number of aryl methyl sites for hydroxylation is 6. The van der Waals surface area contributed by atoms with Gasteiger partial charge in [0, 0.05) is 21.6 Å². The molecule has 6 heteroatoms. The zero-order valence-electron chi connectivity index (χ0n) is 38.8. The van der Waals surface area contributed by atoms with Gasteiger partial charge in [0.1, 0.15) is 0 Å². The van der Waals surface area contributed by atoms with Crippen LogP contribution in [-0.4, -0.2) is 16.2 Å². The molecule has 10 rings (SSSR count). The van der Waals surface area contributed by atoms with Gasteiger partial charge in [-0.25, -0.2) is 9.97 Å². The van der Waals surface area contributed by atoms with Gasteiger partial charge < -0.3 is 9.97 Å². The first kappa shape index (κ1) is 45.0. The first-order chi connectivity index (χ1) is 32.0. The standard InChI is InChI=1S/C61H46N4S.Zn/c1-9-42-15-19-45(20-16-42)58-48-23-27-52(62-48)60(56-38(4)31-36(2)32-39(56)5)54-29-25-50(64-54)59(46-21-17-43(18-22-46)13-14-44-11-10-12-47(35-44)66-8)51-26-30-55(65-51)61(53-28-24-49(58)63-53)57-40(6)33-37(3)34-41(57)7;/h1,10-12,15-35H,2-8H3;/q-2;+2. The van der Waals surface area contributed by atoms with Crippen molar-refractivity contribution in [1.29, 1.82) is 0 Å². The first-order valence-corrected chi connectivity index (χ1v) is 23.3. The summed E-state index contributed by atoms with van der Waals surface area (Å²) < 4.78 is 0. The van der Waals surface area contributed by atoms with E-state index in [1.165, 1.54) is 16.0 Å². The summed E-state index contributed by atoms with van der Waals surface area (Å²) in [6, 6.07) is 42.4. The van der Waals surface area contributed by atoms with Crippen LogP contribution >= 0.6 is 11.8 Å². The van der Waals surface area contributed by atoms with Crippen LogP contribution in [0, 0.1) is 65.7 Å². The number of fused-ring (bicyclic) bond motifs is 8. The number of rotatable bonds is 5. The van der Waals surface area contributed by atoms with Crippen LogP contribution in [-0.2, 0) is 19.5 Å². The third-order valence-corrected chi connectivity index (χ3v) is 13.1. The molecule has 0 N–H and O–H groups in total. The van der Waals surface area contributed by atoms with E-state index in [2.05, 4.69) is 199 Å². The van der Waals surface area contributed by atoms with Gasteiger partial charge in [0.15, 0.2) is 0 Å². The Hall–Kier alpha value is -7.21. The Bertz CT molecular complexity index is 3540. The fourth-order valence-electron chi connectivity index (χ4n) is 9.64. The molecule has 0 saturated carbocycles. The van der Waals surface area contributed by atoms with E-state index >= 15 is 0 Å². The van der Waals surface area contributed by atoms with Crippen LogP contribution < -0.4 is 9.97 Å². The summed E-state index contributed by atoms with van der Waals surface area (Å²) in [6.07, 6.45) is 16.4. The summed E-state index contributed by atoms with van der Waals surface area (Å²) in [5.41, 5.74) is 24.4. The summed E-state index contributed by atoms with van der Waals surface area (Å²) in [5, 5.41) is 0. The maximum Gasteiger partial charge on any atom is 2.00 e. The normalized spacial score (nSPS) is 11.5. The van der Waals surface area contributed by atoms with Crippen molar-refractivity contribution < 1.29 is 19.5 Å². The Morgan fingerprint density at radius 3 is 1.24 bits per heavy atom. The van der Waals surface area contributed by atoms with E-state index in [9.17, 15) is 0 Å². The smallest absolute Gasteiger partial charge is 0.657 e. The predicted molar refractivity (Wildman–Crippen MR) is 279 cm³/mol. The number of terminal acetylenes is 1. The summed E-state index contributed by atoms with van der Waals surface area (Å²) in [7, 11) is 0. The number of thioether (sulfide) groups is 1. The van der Waals surface area contributed by atoms with Crippen molar-refractivity contribution in [2.45, 2.75) is 46.4 Å². The van der Waals surface area contributed by atoms with Crippen molar-refractivity contribution in [3.63, 3.8) is 0 Å². The maximum atomic E-state index is 5.84. The van der Waals surface area contributed by atoms with E-state index in [0.717, 1.165) is 128 Å². The molecule has 5 heterocycles. The van der Waals surface area contributed by atoms with Crippen molar-refractivity contribution in [1.82, 2.24) is 19.9 Å². The fraction of sp³-hybridized carbons (Fsp3) is 0.115. The number of aromatic nitrogens is 4. The average molecular weight is 933 g/mol. The van der Waals surface area contributed by atoms with Crippen LogP contribution in [0.1, 0.15) is 72.8 Å². The quantitative estimate of drug-likeness (QED) is 0.0978. The van der Waals surface area contributed by atoms with Crippen LogP contribution in [0.3, 0.4) is 0 Å². The molecule has 0 spiro atoms. The Balaban J connectivity index is 0.00000562. The monoisotopic (exact) mass is 930 g/mol. The molecule has 0 atom stereocenters. The zero-order chi connectivity index (χ0) is 45.6. The van der Waals surface area contributed by atoms with Crippen molar-refractivity contribution in [3.05, 3.63) is 194 Å². The van der Waals surface area contributed by atoms with Gasteiger partial charge in [-0.3, -0.25) is 0 Å². The summed E-state index contributed by atoms with van der Waals surface area (Å²) >= 11 is 1.72. The minimum Gasteiger partial charge on any atom is -0.657 e. The third kappa shape index (κ3) is 8.68. The molecule has 5 aromatic carbocycles. The number of nitrogens with zero attached hydrogens (tertiary/aromatic N) is 4. The van der Waals surface area contributed by atoms with Gasteiger partial charge in [0.2, 0.25) is 0 Å². The van der Waals surface area contributed by atoms with Gasteiger partial charge in [0.05, 0.1) is 22.8 Å². The van der Waals surface area contributed by atoms with Crippen LogP contribution in [0.4, 0.5) is 0 Å². The van der Waals surface area contributed by atoms with Gasteiger partial charge in [-0.15, -0.1) is 40.3 Å². The van der Waals surface area contributed by atoms with Crippen LogP contribution in [0.15, 0.2) is 126 Å². The van der Waals surface area contributed by atoms with Gasteiger partial charge >= 0.3 is 19.5 Å². The number of benzene rings is 5. The Morgan fingerprint density at radius 2 is 0.821 bits per heavy atom. The van der Waals surface area contributed by atoms with Gasteiger partial charge in [-0.2, -0.15) is 0 Å². The summed E-state index contributed by atoms with van der Waals surface area (Å²) in [5.74, 6) is 9.53. The molecule has 3 aromatic heterocycles. The van der Waals surface area contributed by atoms with E-state index in [0.29, 0.717) is 0 Å². The second-order valence-corrected chi connectivity index (χ2v) is 18.1. The summed E-state index contributed by atoms with van der Waals surface area (Å²) in [4.78, 5) is 23.3. The van der Waals surface area contributed by atoms with Crippen LogP contribution in [0.25, 0.3) is 90.9 Å². The Morgan fingerprint density at radius 1 is 0.433 bits per heavy atom. The molecule has 0 fully saturated rings. The second kappa shape index (κ2) is 18.6. The van der Waals surface area contributed by atoms with Crippen molar-refractivity contribution in [2.24, 2.45) is 0 Å². The average Bonchev–Trinajstić information content (AvgIpc) is 4.16. The van der Waals surface area contributed by atoms with Crippen molar-refractivity contribution in [2.75, 3.05) is 6.26 Å². The summed E-state index contributed by atoms with van der Waals surface area (Å²) in [6.45, 7) is 13.0. The minimum absolute atomic E-state index is 0. The van der Waals surface area contributed by atoms with Crippen molar-refractivity contribution in [3.8, 4) is 68.7 Å². The SMILES string of the molecule is C#Cc1ccc(-c2c3nc(c(-c4c(C)cc(C)cc4C)c4ccc([n-]4)c(-c4ccc(C#Cc5cccc(SC)c5)cc4)c4nc(c(-c5c(C)cc(C)cc5C)c5ccc2[n-]5)C=C4)C=C3)cc1.[Zn+2]. The fourth-order valence-corrected chi connectivity index (χ4v) is 10.1. The molecule has 2 aliphatic heterocycles. The van der Waals surface area contributed by atoms with E-state index in [-0.39, 0.29) is 19.5 Å². The topological polar surface area (TPSA) is 54.0 Å². The molecular weight excluding hydrogens is 886 g/mol. The van der Waals surface area contributed by atoms with E-state index in [1.54, 1.807) is 11.8 Å². The Labute approximate surface area is 410 Å². The van der Waals surface area contributed by atoms with Gasteiger partial charge in [0.25, 0.3) is 0 Å². The predicted octanol–water partition coefficient (Wildman–Crippen LogP) is 14.5. The van der Waals surface area contributed by atoms with Crippen LogP contribution in [0.2, 0.25) is 0 Å². The molecule has 0 radical (unpaired) electrons. The molecule has 318 valence electrons. The molecule has 4 nitrogen and oxygen atoms in total. The molecule has 0 unspecified atom stereocenters. The molecule has 8 bridgehead atoms. The minimum atomic E-state index is 0. The second-order valence-electron chi connectivity index (χ2n) is 17.2.